The standard InChI is InChI=1S/C28H34N8O2/c1-20-19-33(2)13-14-35(20)25-15-24(28(38)30-17-22-8-6-21(16-29)7-9-22)32-27-23(18-31-36(25)27)10-12-34-11-4-3-5-26(34)37/h6-9,15,18,20H,3-5,10-14,17,19H2,1-2H3,(H,30,38)/t20-/m1/s1. The Morgan fingerprint density at radius 1 is 1.18 bits per heavy atom. The Bertz CT molecular complexity index is 1360. The number of fused-ring (bicyclic) bond motifs is 1. The van der Waals surface area contributed by atoms with Crippen molar-refractivity contribution in [3.63, 3.8) is 0 Å². The number of nitrogens with zero attached hydrogens (tertiary/aromatic N) is 7. The first-order chi connectivity index (χ1) is 18.4. The van der Waals surface area contributed by atoms with E-state index in [4.69, 9.17) is 10.2 Å². The minimum atomic E-state index is -0.266. The van der Waals surface area contributed by atoms with Gasteiger partial charge in [-0.15, -0.1) is 0 Å². The summed E-state index contributed by atoms with van der Waals surface area (Å²) < 4.78 is 1.84. The van der Waals surface area contributed by atoms with E-state index in [0.717, 1.165) is 56.0 Å². The number of piperazine rings is 1. The zero-order valence-electron chi connectivity index (χ0n) is 22.1. The number of benzene rings is 1. The number of nitrogens with one attached hydrogen (secondary N) is 1. The van der Waals surface area contributed by atoms with Crippen LogP contribution in [0.5, 0.6) is 0 Å². The highest BCUT2D eigenvalue weighted by atomic mass is 16.2. The Labute approximate surface area is 222 Å². The molecule has 2 amide bonds. The molecule has 0 unspecified atom stereocenters. The maximum atomic E-state index is 13.3. The quantitative estimate of drug-likeness (QED) is 0.515. The zero-order chi connectivity index (χ0) is 26.6. The SMILES string of the molecule is C[C@@H]1CN(C)CCN1c1cc(C(=O)NCc2ccc(C#N)cc2)nc2c(CCN3CCCCC3=O)cnn12. The van der Waals surface area contributed by atoms with E-state index in [-0.39, 0.29) is 17.9 Å². The molecule has 2 aliphatic heterocycles. The molecule has 2 saturated heterocycles. The van der Waals surface area contributed by atoms with Gasteiger partial charge >= 0.3 is 0 Å². The van der Waals surface area contributed by atoms with Gasteiger partial charge in [0.1, 0.15) is 11.5 Å². The number of rotatable bonds is 7. The van der Waals surface area contributed by atoms with Crippen molar-refractivity contribution in [3.8, 4) is 6.07 Å². The van der Waals surface area contributed by atoms with Crippen molar-refractivity contribution in [2.45, 2.75) is 45.2 Å². The smallest absolute Gasteiger partial charge is 0.270 e. The van der Waals surface area contributed by atoms with Crippen LogP contribution < -0.4 is 10.2 Å². The van der Waals surface area contributed by atoms with Crippen molar-refractivity contribution in [1.29, 1.82) is 5.26 Å². The predicted octanol–water partition coefficient (Wildman–Crippen LogP) is 2.23. The summed E-state index contributed by atoms with van der Waals surface area (Å²) in [6.45, 7) is 6.57. The third kappa shape index (κ3) is 5.48. The number of likely N-dealkylation sites (tertiary alicyclic amines) is 1. The van der Waals surface area contributed by atoms with Gasteiger partial charge in [0.05, 0.1) is 17.8 Å². The van der Waals surface area contributed by atoms with Crippen LogP contribution in [0.15, 0.2) is 36.5 Å². The van der Waals surface area contributed by atoms with Crippen LogP contribution in [0.25, 0.3) is 5.65 Å². The molecule has 0 bridgehead atoms. The first kappa shape index (κ1) is 25.7. The van der Waals surface area contributed by atoms with Crippen molar-refractivity contribution in [1.82, 2.24) is 29.7 Å². The van der Waals surface area contributed by atoms with Crippen LogP contribution in [0.2, 0.25) is 0 Å². The second-order valence-corrected chi connectivity index (χ2v) is 10.3. The zero-order valence-corrected chi connectivity index (χ0v) is 22.1. The summed E-state index contributed by atoms with van der Waals surface area (Å²) in [6.07, 6.45) is 5.06. The van der Waals surface area contributed by atoms with Gasteiger partial charge in [0.15, 0.2) is 5.65 Å². The molecule has 1 atom stereocenters. The predicted molar refractivity (Wildman–Crippen MR) is 144 cm³/mol. The molecule has 2 fully saturated rings. The van der Waals surface area contributed by atoms with Crippen LogP contribution in [0, 0.1) is 11.3 Å². The molecule has 1 N–H and O–H groups in total. The van der Waals surface area contributed by atoms with Gasteiger partial charge < -0.3 is 20.0 Å². The van der Waals surface area contributed by atoms with Gasteiger partial charge in [0, 0.05) is 63.4 Å². The number of carbonyl (C=O) groups is 2. The topological polar surface area (TPSA) is 110 Å². The molecule has 2 aromatic heterocycles. The summed E-state index contributed by atoms with van der Waals surface area (Å²) in [7, 11) is 2.12. The Kier molecular flexibility index (Phi) is 7.56. The fraction of sp³-hybridized carbons (Fsp3) is 0.464. The molecule has 38 heavy (non-hydrogen) atoms. The number of piperidine rings is 1. The van der Waals surface area contributed by atoms with E-state index in [1.54, 1.807) is 12.1 Å². The molecular weight excluding hydrogens is 480 g/mol. The monoisotopic (exact) mass is 514 g/mol. The minimum absolute atomic E-state index is 0.204. The van der Waals surface area contributed by atoms with Crippen LogP contribution in [0.4, 0.5) is 5.82 Å². The van der Waals surface area contributed by atoms with Crippen LogP contribution in [0.1, 0.15) is 53.4 Å². The fourth-order valence-electron chi connectivity index (χ4n) is 5.29. The maximum Gasteiger partial charge on any atom is 0.270 e. The summed E-state index contributed by atoms with van der Waals surface area (Å²) in [5.41, 5.74) is 3.40. The number of nitriles is 1. The first-order valence-corrected chi connectivity index (χ1v) is 13.3. The van der Waals surface area contributed by atoms with Crippen molar-refractivity contribution >= 4 is 23.3 Å². The Morgan fingerprint density at radius 2 is 2.00 bits per heavy atom. The van der Waals surface area contributed by atoms with E-state index in [1.165, 1.54) is 0 Å². The van der Waals surface area contributed by atoms with Crippen molar-refractivity contribution < 1.29 is 9.59 Å². The minimum Gasteiger partial charge on any atom is -0.351 e. The molecule has 5 rings (SSSR count). The molecule has 198 valence electrons. The number of amides is 2. The number of aromatic nitrogens is 3. The van der Waals surface area contributed by atoms with Gasteiger partial charge in [-0.1, -0.05) is 12.1 Å². The fourth-order valence-corrected chi connectivity index (χ4v) is 5.29. The Hall–Kier alpha value is -3.97. The number of anilines is 1. The van der Waals surface area contributed by atoms with Crippen LogP contribution in [-0.4, -0.2) is 82.0 Å². The van der Waals surface area contributed by atoms with Gasteiger partial charge in [-0.25, -0.2) is 4.98 Å². The van der Waals surface area contributed by atoms with E-state index in [0.29, 0.717) is 42.8 Å². The molecule has 1 aromatic carbocycles. The van der Waals surface area contributed by atoms with Gasteiger partial charge in [0.25, 0.3) is 5.91 Å². The van der Waals surface area contributed by atoms with Gasteiger partial charge in [-0.05, 0) is 50.9 Å². The second kappa shape index (κ2) is 11.2. The van der Waals surface area contributed by atoms with Gasteiger partial charge in [0.2, 0.25) is 5.91 Å². The van der Waals surface area contributed by atoms with Crippen molar-refractivity contribution in [2.24, 2.45) is 0 Å². The lowest BCUT2D eigenvalue weighted by molar-refractivity contribution is -0.133. The number of hydrogen-bond donors (Lipinski definition) is 1. The Balaban J connectivity index is 1.43. The molecule has 0 spiro atoms. The summed E-state index contributed by atoms with van der Waals surface area (Å²) in [5, 5.41) is 16.7. The Morgan fingerprint density at radius 3 is 2.74 bits per heavy atom. The molecule has 0 aliphatic carbocycles. The van der Waals surface area contributed by atoms with Gasteiger partial charge in [-0.3, -0.25) is 9.59 Å². The third-order valence-electron chi connectivity index (χ3n) is 7.49. The lowest BCUT2D eigenvalue weighted by atomic mass is 10.1. The van der Waals surface area contributed by atoms with E-state index >= 15 is 0 Å². The molecule has 0 radical (unpaired) electrons. The normalized spacial score (nSPS) is 18.6. The van der Waals surface area contributed by atoms with E-state index in [9.17, 15) is 9.59 Å². The lowest BCUT2D eigenvalue weighted by Crippen LogP contribution is -2.51. The summed E-state index contributed by atoms with van der Waals surface area (Å²) in [6, 6.07) is 11.3. The molecule has 2 aliphatic rings. The molecular formula is C28H34N8O2. The largest absolute Gasteiger partial charge is 0.351 e. The maximum absolute atomic E-state index is 13.3. The second-order valence-electron chi connectivity index (χ2n) is 10.3. The van der Waals surface area contributed by atoms with E-state index < -0.39 is 0 Å². The van der Waals surface area contributed by atoms with Crippen molar-refractivity contribution in [2.75, 3.05) is 44.7 Å². The molecule has 0 saturated carbocycles. The van der Waals surface area contributed by atoms with E-state index in [1.807, 2.05) is 33.8 Å². The molecule has 4 heterocycles. The highest BCUT2D eigenvalue weighted by Gasteiger charge is 2.27. The van der Waals surface area contributed by atoms with E-state index in [2.05, 4.69) is 40.3 Å². The van der Waals surface area contributed by atoms with Gasteiger partial charge in [-0.2, -0.15) is 14.9 Å². The number of hydrogen-bond acceptors (Lipinski definition) is 7. The lowest BCUT2D eigenvalue weighted by Gasteiger charge is -2.39. The van der Waals surface area contributed by atoms with Crippen LogP contribution >= 0.6 is 0 Å². The average molecular weight is 515 g/mol. The van der Waals surface area contributed by atoms with Crippen molar-refractivity contribution in [3.05, 3.63) is 58.9 Å². The van der Waals surface area contributed by atoms with Crippen LogP contribution in [-0.2, 0) is 17.8 Å². The summed E-state index contributed by atoms with van der Waals surface area (Å²) >= 11 is 0. The number of likely N-dealkylation sites (N-methyl/N-ethyl adjacent to an activating group) is 1. The highest BCUT2D eigenvalue weighted by molar-refractivity contribution is 5.93. The summed E-state index contributed by atoms with van der Waals surface area (Å²) in [4.78, 5) is 36.9. The van der Waals surface area contributed by atoms with Crippen LogP contribution in [0.3, 0.4) is 0 Å². The molecule has 3 aromatic rings. The third-order valence-corrected chi connectivity index (χ3v) is 7.49. The molecule has 10 nitrogen and oxygen atoms in total. The number of carbonyl (C=O) groups excluding carboxylic acids is 2. The highest BCUT2D eigenvalue weighted by Crippen LogP contribution is 2.24. The first-order valence-electron chi connectivity index (χ1n) is 13.3. The molecule has 10 heteroatoms. The average Bonchev–Trinajstić information content (AvgIpc) is 3.34. The summed E-state index contributed by atoms with van der Waals surface area (Å²) in [5.74, 6) is 0.785.